The molecule has 0 aromatic heterocycles. The molecule has 1 heterocycles. The van der Waals surface area contributed by atoms with Crippen LogP contribution in [0.4, 0.5) is 0 Å². The van der Waals surface area contributed by atoms with Gasteiger partial charge >= 0.3 is 0 Å². The molecule has 1 aliphatic heterocycles. The Bertz CT molecular complexity index is 411. The van der Waals surface area contributed by atoms with Gasteiger partial charge in [-0.1, -0.05) is 0 Å². The molecule has 0 radical (unpaired) electrons. The molecule has 0 amide bonds. The maximum absolute atomic E-state index is 10.9. The Balaban J connectivity index is 1.81. The topological polar surface area (TPSA) is 44.8 Å². The van der Waals surface area contributed by atoms with Crippen LogP contribution in [0, 0.1) is 0 Å². The molecule has 0 aliphatic carbocycles. The van der Waals surface area contributed by atoms with E-state index in [0.29, 0.717) is 29.8 Å². The molecule has 0 N–H and O–H groups in total. The number of aldehydes is 1. The van der Waals surface area contributed by atoms with Gasteiger partial charge < -0.3 is 14.2 Å². The molecule has 1 fully saturated rings. The summed E-state index contributed by atoms with van der Waals surface area (Å²) in [4.78, 5) is 10.9. The second-order valence-corrected chi connectivity index (χ2v) is 4.65. The lowest BCUT2D eigenvalue weighted by molar-refractivity contribution is 0.0978. The van der Waals surface area contributed by atoms with Crippen molar-refractivity contribution in [1.29, 1.82) is 0 Å². The first-order valence-electron chi connectivity index (χ1n) is 6.71. The Hall–Kier alpha value is -1.55. The number of carbonyl (C=O) groups is 1. The molecule has 1 atom stereocenters. The molecule has 1 aromatic rings. The maximum atomic E-state index is 10.9. The van der Waals surface area contributed by atoms with Crippen LogP contribution in [0.15, 0.2) is 18.2 Å². The Kier molecular flexibility index (Phi) is 5.21. The predicted octanol–water partition coefficient (Wildman–Crippen LogP) is 2.85. The molecule has 19 heavy (non-hydrogen) atoms. The summed E-state index contributed by atoms with van der Waals surface area (Å²) in [5, 5.41) is 0. The van der Waals surface area contributed by atoms with E-state index in [0.717, 1.165) is 38.6 Å². The van der Waals surface area contributed by atoms with Crippen molar-refractivity contribution < 1.29 is 19.0 Å². The minimum atomic E-state index is 0.388. The van der Waals surface area contributed by atoms with E-state index in [1.807, 2.05) is 0 Å². The Morgan fingerprint density at radius 3 is 3.05 bits per heavy atom. The van der Waals surface area contributed by atoms with Crippen LogP contribution >= 0.6 is 0 Å². The highest BCUT2D eigenvalue weighted by Crippen LogP contribution is 2.24. The zero-order valence-electron chi connectivity index (χ0n) is 11.3. The van der Waals surface area contributed by atoms with Gasteiger partial charge in [0.05, 0.1) is 25.4 Å². The van der Waals surface area contributed by atoms with Crippen molar-refractivity contribution in [2.24, 2.45) is 0 Å². The van der Waals surface area contributed by atoms with Crippen LogP contribution < -0.4 is 9.47 Å². The van der Waals surface area contributed by atoms with Crippen LogP contribution in [0.25, 0.3) is 0 Å². The third-order valence-corrected chi connectivity index (χ3v) is 3.30. The molecule has 1 saturated heterocycles. The summed E-state index contributed by atoms with van der Waals surface area (Å²) in [7, 11) is 1.59. The largest absolute Gasteiger partial charge is 0.497 e. The molecule has 1 unspecified atom stereocenters. The van der Waals surface area contributed by atoms with E-state index in [-0.39, 0.29) is 0 Å². The minimum absolute atomic E-state index is 0.388. The molecule has 1 aromatic carbocycles. The van der Waals surface area contributed by atoms with E-state index in [4.69, 9.17) is 14.2 Å². The first-order chi connectivity index (χ1) is 9.33. The van der Waals surface area contributed by atoms with Crippen molar-refractivity contribution in [3.05, 3.63) is 23.8 Å². The molecule has 0 bridgehead atoms. The monoisotopic (exact) mass is 264 g/mol. The van der Waals surface area contributed by atoms with E-state index in [9.17, 15) is 4.79 Å². The highest BCUT2D eigenvalue weighted by Gasteiger charge is 2.14. The lowest BCUT2D eigenvalue weighted by atomic mass is 10.1. The van der Waals surface area contributed by atoms with Gasteiger partial charge in [-0.15, -0.1) is 0 Å². The summed E-state index contributed by atoms with van der Waals surface area (Å²) >= 11 is 0. The lowest BCUT2D eigenvalue weighted by Crippen LogP contribution is -2.08. The summed E-state index contributed by atoms with van der Waals surface area (Å²) in [5.41, 5.74) is 0.554. The van der Waals surface area contributed by atoms with Gasteiger partial charge in [0.1, 0.15) is 11.5 Å². The van der Waals surface area contributed by atoms with Crippen molar-refractivity contribution >= 4 is 6.29 Å². The quantitative estimate of drug-likeness (QED) is 0.561. The number of carbonyl (C=O) groups excluding carboxylic acids is 1. The SMILES string of the molecule is COc1ccc(C=O)c(OCCCC2CCCO2)c1. The highest BCUT2D eigenvalue weighted by atomic mass is 16.5. The summed E-state index contributed by atoms with van der Waals surface area (Å²) in [6, 6.07) is 5.21. The fourth-order valence-corrected chi connectivity index (χ4v) is 2.23. The number of hydrogen-bond acceptors (Lipinski definition) is 4. The van der Waals surface area contributed by atoms with Crippen molar-refractivity contribution in [2.75, 3.05) is 20.3 Å². The van der Waals surface area contributed by atoms with Crippen molar-refractivity contribution in [1.82, 2.24) is 0 Å². The number of ether oxygens (including phenoxy) is 3. The van der Waals surface area contributed by atoms with E-state index >= 15 is 0 Å². The van der Waals surface area contributed by atoms with Gasteiger partial charge in [0, 0.05) is 12.7 Å². The van der Waals surface area contributed by atoms with E-state index < -0.39 is 0 Å². The fraction of sp³-hybridized carbons (Fsp3) is 0.533. The van der Waals surface area contributed by atoms with Gasteiger partial charge in [0.25, 0.3) is 0 Å². The number of hydrogen-bond donors (Lipinski definition) is 0. The highest BCUT2D eigenvalue weighted by molar-refractivity contribution is 5.79. The molecule has 0 spiro atoms. The van der Waals surface area contributed by atoms with Crippen LogP contribution in [0.2, 0.25) is 0 Å². The second-order valence-electron chi connectivity index (χ2n) is 4.65. The Morgan fingerprint density at radius 1 is 1.47 bits per heavy atom. The maximum Gasteiger partial charge on any atom is 0.153 e. The minimum Gasteiger partial charge on any atom is -0.497 e. The number of benzene rings is 1. The predicted molar refractivity (Wildman–Crippen MR) is 72.1 cm³/mol. The molecule has 0 saturated carbocycles. The van der Waals surface area contributed by atoms with Crippen molar-refractivity contribution in [3.8, 4) is 11.5 Å². The summed E-state index contributed by atoms with van der Waals surface area (Å²) in [6.45, 7) is 1.48. The first-order valence-corrected chi connectivity index (χ1v) is 6.71. The fourth-order valence-electron chi connectivity index (χ4n) is 2.23. The van der Waals surface area contributed by atoms with Gasteiger partial charge in [-0.05, 0) is 37.8 Å². The normalized spacial score (nSPS) is 18.3. The van der Waals surface area contributed by atoms with Gasteiger partial charge in [-0.2, -0.15) is 0 Å². The summed E-state index contributed by atoms with van der Waals surface area (Å²) in [6.07, 6.45) is 5.45. The van der Waals surface area contributed by atoms with E-state index in [1.165, 1.54) is 0 Å². The standard InChI is InChI=1S/C15H20O4/c1-17-14-7-6-12(11-16)15(10-14)19-9-3-5-13-4-2-8-18-13/h6-7,10-11,13H,2-5,8-9H2,1H3. The zero-order valence-corrected chi connectivity index (χ0v) is 11.3. The molecule has 4 heteroatoms. The van der Waals surface area contributed by atoms with Gasteiger partial charge in [-0.3, -0.25) is 4.79 Å². The third kappa shape index (κ3) is 3.96. The molecular formula is C15H20O4. The Labute approximate surface area is 113 Å². The number of rotatable bonds is 7. The van der Waals surface area contributed by atoms with Crippen LogP contribution in [0.5, 0.6) is 11.5 Å². The van der Waals surface area contributed by atoms with Crippen LogP contribution in [0.1, 0.15) is 36.0 Å². The lowest BCUT2D eigenvalue weighted by Gasteiger charge is -2.12. The molecule has 2 rings (SSSR count). The molecule has 104 valence electrons. The van der Waals surface area contributed by atoms with Gasteiger partial charge in [-0.25, -0.2) is 0 Å². The van der Waals surface area contributed by atoms with Crippen LogP contribution in [-0.4, -0.2) is 32.7 Å². The molecule has 1 aliphatic rings. The zero-order chi connectivity index (χ0) is 13.5. The molecular weight excluding hydrogens is 244 g/mol. The number of methoxy groups -OCH3 is 1. The summed E-state index contributed by atoms with van der Waals surface area (Å²) < 4.78 is 16.3. The van der Waals surface area contributed by atoms with Crippen molar-refractivity contribution in [3.63, 3.8) is 0 Å². The van der Waals surface area contributed by atoms with E-state index in [2.05, 4.69) is 0 Å². The second kappa shape index (κ2) is 7.14. The average Bonchev–Trinajstić information content (AvgIpc) is 2.96. The van der Waals surface area contributed by atoms with Gasteiger partial charge in [0.15, 0.2) is 6.29 Å². The van der Waals surface area contributed by atoms with Crippen LogP contribution in [-0.2, 0) is 4.74 Å². The Morgan fingerprint density at radius 2 is 2.37 bits per heavy atom. The third-order valence-electron chi connectivity index (χ3n) is 3.30. The smallest absolute Gasteiger partial charge is 0.153 e. The average molecular weight is 264 g/mol. The van der Waals surface area contributed by atoms with Crippen molar-refractivity contribution in [2.45, 2.75) is 31.8 Å². The van der Waals surface area contributed by atoms with Gasteiger partial charge in [0.2, 0.25) is 0 Å². The molecule has 4 nitrogen and oxygen atoms in total. The van der Waals surface area contributed by atoms with Crippen LogP contribution in [0.3, 0.4) is 0 Å². The van der Waals surface area contributed by atoms with E-state index in [1.54, 1.807) is 25.3 Å². The first kappa shape index (κ1) is 13.9. The summed E-state index contributed by atoms with van der Waals surface area (Å²) in [5.74, 6) is 1.28.